The number of fused-ring (bicyclic) bond motifs is 1. The van der Waals surface area contributed by atoms with Crippen LogP contribution in [0.3, 0.4) is 0 Å². The Kier molecular flexibility index (Phi) is 2.48. The van der Waals surface area contributed by atoms with Gasteiger partial charge in [0.15, 0.2) is 0 Å². The van der Waals surface area contributed by atoms with E-state index in [1.807, 2.05) is 0 Å². The number of aromatic hydroxyl groups is 1. The molecular weight excluding hydrogens is 211 g/mol. The molecule has 0 aliphatic rings. The van der Waals surface area contributed by atoms with Crippen LogP contribution in [0.2, 0.25) is 0 Å². The number of carboxylic acids is 1. The van der Waals surface area contributed by atoms with E-state index in [1.54, 1.807) is 6.07 Å². The monoisotopic (exact) mass is 220 g/mol. The number of benzene rings is 2. The predicted molar refractivity (Wildman–Crippen MR) is 56.9 cm³/mol. The molecule has 82 valence electrons. The number of phenols is 1. The Bertz CT molecular complexity index is 563. The molecule has 0 heterocycles. The van der Waals surface area contributed by atoms with Crippen molar-refractivity contribution in [3.63, 3.8) is 0 Å². The smallest absolute Gasteiger partial charge is 0.307 e. The molecule has 0 bridgehead atoms. The van der Waals surface area contributed by atoms with Crippen LogP contribution in [-0.2, 0) is 11.2 Å². The Morgan fingerprint density at radius 1 is 1.25 bits per heavy atom. The molecule has 2 aromatic rings. The van der Waals surface area contributed by atoms with Gasteiger partial charge in [0.05, 0.1) is 6.42 Å². The molecule has 0 saturated heterocycles. The van der Waals surface area contributed by atoms with Crippen molar-refractivity contribution in [2.24, 2.45) is 0 Å². The van der Waals surface area contributed by atoms with Gasteiger partial charge in [0.2, 0.25) is 0 Å². The van der Waals surface area contributed by atoms with Crippen LogP contribution < -0.4 is 0 Å². The van der Waals surface area contributed by atoms with Gasteiger partial charge in [0.25, 0.3) is 0 Å². The SMILES string of the molecule is O=C(O)Cc1cc(O)c2cccc(F)c2c1. The second-order valence-electron chi connectivity index (χ2n) is 3.52. The molecule has 0 radical (unpaired) electrons. The summed E-state index contributed by atoms with van der Waals surface area (Å²) in [6.07, 6.45) is -0.238. The molecule has 0 spiro atoms. The van der Waals surface area contributed by atoms with Crippen molar-refractivity contribution in [3.05, 3.63) is 41.7 Å². The van der Waals surface area contributed by atoms with Gasteiger partial charge in [-0.15, -0.1) is 0 Å². The van der Waals surface area contributed by atoms with E-state index in [4.69, 9.17) is 5.11 Å². The molecule has 2 aromatic carbocycles. The normalized spacial score (nSPS) is 10.6. The van der Waals surface area contributed by atoms with Crippen molar-refractivity contribution in [3.8, 4) is 5.75 Å². The summed E-state index contributed by atoms with van der Waals surface area (Å²) in [6.45, 7) is 0. The molecular formula is C12H9FO3. The number of rotatable bonds is 2. The lowest BCUT2D eigenvalue weighted by Gasteiger charge is -2.05. The highest BCUT2D eigenvalue weighted by atomic mass is 19.1. The van der Waals surface area contributed by atoms with Gasteiger partial charge >= 0.3 is 5.97 Å². The zero-order valence-corrected chi connectivity index (χ0v) is 8.27. The number of carboxylic acid groups (broad SMARTS) is 1. The molecule has 2 rings (SSSR count). The first-order valence-corrected chi connectivity index (χ1v) is 4.70. The van der Waals surface area contributed by atoms with Crippen molar-refractivity contribution >= 4 is 16.7 Å². The summed E-state index contributed by atoms with van der Waals surface area (Å²) in [7, 11) is 0. The van der Waals surface area contributed by atoms with Crippen LogP contribution in [0.15, 0.2) is 30.3 Å². The van der Waals surface area contributed by atoms with E-state index in [0.717, 1.165) is 0 Å². The summed E-state index contributed by atoms with van der Waals surface area (Å²) in [4.78, 5) is 10.5. The molecule has 0 atom stereocenters. The zero-order valence-electron chi connectivity index (χ0n) is 8.27. The standard InChI is InChI=1S/C12H9FO3/c13-10-3-1-2-8-9(10)4-7(5-11(8)14)6-12(15)16/h1-5,14H,6H2,(H,15,16). The average Bonchev–Trinajstić information content (AvgIpc) is 2.19. The summed E-state index contributed by atoms with van der Waals surface area (Å²) >= 11 is 0. The largest absolute Gasteiger partial charge is 0.507 e. The fourth-order valence-corrected chi connectivity index (χ4v) is 1.66. The Balaban J connectivity index is 2.65. The van der Waals surface area contributed by atoms with Gasteiger partial charge in [0, 0.05) is 10.8 Å². The first-order chi connectivity index (χ1) is 7.58. The van der Waals surface area contributed by atoms with Gasteiger partial charge in [-0.3, -0.25) is 4.79 Å². The maximum absolute atomic E-state index is 13.4. The average molecular weight is 220 g/mol. The van der Waals surface area contributed by atoms with Crippen LogP contribution in [-0.4, -0.2) is 16.2 Å². The lowest BCUT2D eigenvalue weighted by atomic mass is 10.0. The van der Waals surface area contributed by atoms with Crippen molar-refractivity contribution in [1.29, 1.82) is 0 Å². The number of hydrogen-bond donors (Lipinski definition) is 2. The number of carbonyl (C=O) groups is 1. The highest BCUT2D eigenvalue weighted by molar-refractivity contribution is 5.90. The van der Waals surface area contributed by atoms with Crippen LogP contribution in [0.25, 0.3) is 10.8 Å². The molecule has 3 nitrogen and oxygen atoms in total. The topological polar surface area (TPSA) is 57.5 Å². The van der Waals surface area contributed by atoms with Crippen molar-refractivity contribution in [1.82, 2.24) is 0 Å². The second kappa shape index (κ2) is 3.81. The third kappa shape index (κ3) is 1.82. The Hall–Kier alpha value is -2.10. The number of phenolic OH excluding ortho intramolecular Hbond substituents is 1. The Morgan fingerprint density at radius 2 is 2.00 bits per heavy atom. The van der Waals surface area contributed by atoms with Gasteiger partial charge in [-0.25, -0.2) is 4.39 Å². The molecule has 0 aliphatic heterocycles. The van der Waals surface area contributed by atoms with E-state index < -0.39 is 11.8 Å². The fourth-order valence-electron chi connectivity index (χ4n) is 1.66. The maximum atomic E-state index is 13.4. The van der Waals surface area contributed by atoms with Gasteiger partial charge < -0.3 is 10.2 Å². The molecule has 0 aromatic heterocycles. The first kappa shape index (κ1) is 10.4. The minimum absolute atomic E-state index is 0.103. The lowest BCUT2D eigenvalue weighted by molar-refractivity contribution is -0.136. The molecule has 0 unspecified atom stereocenters. The quantitative estimate of drug-likeness (QED) is 0.816. The van der Waals surface area contributed by atoms with E-state index in [2.05, 4.69) is 0 Å². The summed E-state index contributed by atoms with van der Waals surface area (Å²) in [5.74, 6) is -1.59. The minimum Gasteiger partial charge on any atom is -0.507 e. The van der Waals surface area contributed by atoms with E-state index >= 15 is 0 Å². The highest BCUT2D eigenvalue weighted by Crippen LogP contribution is 2.28. The number of hydrogen-bond acceptors (Lipinski definition) is 2. The third-order valence-corrected chi connectivity index (χ3v) is 2.34. The second-order valence-corrected chi connectivity index (χ2v) is 3.52. The third-order valence-electron chi connectivity index (χ3n) is 2.34. The molecule has 4 heteroatoms. The highest BCUT2D eigenvalue weighted by Gasteiger charge is 2.08. The molecule has 0 saturated carbocycles. The summed E-state index contributed by atoms with van der Waals surface area (Å²) in [5, 5.41) is 18.9. The van der Waals surface area contributed by atoms with Crippen LogP contribution in [0.1, 0.15) is 5.56 Å². The molecule has 0 amide bonds. The minimum atomic E-state index is -1.02. The summed E-state index contributed by atoms with van der Waals surface area (Å²) in [6, 6.07) is 7.13. The number of halogens is 1. The van der Waals surface area contributed by atoms with E-state index in [9.17, 15) is 14.3 Å². The molecule has 0 aliphatic carbocycles. The first-order valence-electron chi connectivity index (χ1n) is 4.70. The van der Waals surface area contributed by atoms with Gasteiger partial charge in [-0.05, 0) is 23.8 Å². The van der Waals surface area contributed by atoms with Gasteiger partial charge in [-0.2, -0.15) is 0 Å². The predicted octanol–water partition coefficient (Wildman–Crippen LogP) is 2.31. The van der Waals surface area contributed by atoms with Crippen molar-refractivity contribution in [2.75, 3.05) is 0 Å². The van der Waals surface area contributed by atoms with Gasteiger partial charge in [0.1, 0.15) is 11.6 Å². The van der Waals surface area contributed by atoms with Crippen LogP contribution in [0, 0.1) is 5.82 Å². The molecule has 16 heavy (non-hydrogen) atoms. The lowest BCUT2D eigenvalue weighted by Crippen LogP contribution is -2.00. The Morgan fingerprint density at radius 3 is 2.69 bits per heavy atom. The zero-order chi connectivity index (χ0) is 11.7. The maximum Gasteiger partial charge on any atom is 0.307 e. The van der Waals surface area contributed by atoms with E-state index in [-0.39, 0.29) is 17.6 Å². The number of aliphatic carboxylic acids is 1. The van der Waals surface area contributed by atoms with Crippen LogP contribution in [0.4, 0.5) is 4.39 Å². The summed E-state index contributed by atoms with van der Waals surface area (Å²) in [5.41, 5.74) is 0.377. The Labute approximate surface area is 90.8 Å². The molecule has 0 fully saturated rings. The van der Waals surface area contributed by atoms with Crippen molar-refractivity contribution in [2.45, 2.75) is 6.42 Å². The van der Waals surface area contributed by atoms with Gasteiger partial charge in [-0.1, -0.05) is 12.1 Å². The fraction of sp³-hybridized carbons (Fsp3) is 0.0833. The van der Waals surface area contributed by atoms with E-state index in [0.29, 0.717) is 10.9 Å². The summed E-state index contributed by atoms with van der Waals surface area (Å²) < 4.78 is 13.4. The molecule has 2 N–H and O–H groups in total. The van der Waals surface area contributed by atoms with Crippen LogP contribution >= 0.6 is 0 Å². The van der Waals surface area contributed by atoms with E-state index in [1.165, 1.54) is 24.3 Å². The van der Waals surface area contributed by atoms with Crippen molar-refractivity contribution < 1.29 is 19.4 Å². The van der Waals surface area contributed by atoms with Crippen LogP contribution in [0.5, 0.6) is 5.75 Å².